The van der Waals surface area contributed by atoms with Crippen molar-refractivity contribution in [1.82, 2.24) is 10.3 Å². The molecule has 8 nitrogen and oxygen atoms in total. The Balaban J connectivity index is 2.18. The van der Waals surface area contributed by atoms with Gasteiger partial charge in [0.15, 0.2) is 0 Å². The van der Waals surface area contributed by atoms with Crippen molar-refractivity contribution in [2.75, 3.05) is 12.4 Å². The smallest absolute Gasteiger partial charge is 0.257 e. The number of rotatable bonds is 6. The Hall–Kier alpha value is -2.13. The number of hydrogen-bond acceptors (Lipinski definition) is 5. The van der Waals surface area contributed by atoms with Gasteiger partial charge in [-0.15, -0.1) is 4.83 Å². The van der Waals surface area contributed by atoms with Crippen LogP contribution in [0.15, 0.2) is 23.1 Å². The maximum absolute atomic E-state index is 12.1. The maximum atomic E-state index is 12.1. The minimum absolute atomic E-state index is 0.104. The van der Waals surface area contributed by atoms with Gasteiger partial charge in [-0.25, -0.2) is 8.42 Å². The highest BCUT2D eigenvalue weighted by Gasteiger charge is 2.30. The van der Waals surface area contributed by atoms with Gasteiger partial charge >= 0.3 is 0 Å². The second kappa shape index (κ2) is 6.32. The van der Waals surface area contributed by atoms with Gasteiger partial charge in [0.2, 0.25) is 11.8 Å². The van der Waals surface area contributed by atoms with Crippen LogP contribution in [0, 0.1) is 5.92 Å². The number of ether oxygens (including phenoxy) is 1. The van der Waals surface area contributed by atoms with E-state index in [1.54, 1.807) is 0 Å². The van der Waals surface area contributed by atoms with Gasteiger partial charge in [0.25, 0.3) is 10.0 Å². The van der Waals surface area contributed by atoms with Gasteiger partial charge in [0, 0.05) is 12.8 Å². The molecule has 1 saturated carbocycles. The SMILES string of the molecule is COc1ccc(S(=O)(=O)NNC(=O)C2CC2)cc1NC(C)=O. The summed E-state index contributed by atoms with van der Waals surface area (Å²) in [6.45, 7) is 1.30. The number of carbonyl (C=O) groups is 2. The Morgan fingerprint density at radius 2 is 1.95 bits per heavy atom. The van der Waals surface area contributed by atoms with Crippen LogP contribution in [0.25, 0.3) is 0 Å². The average Bonchev–Trinajstić information content (AvgIpc) is 3.28. The summed E-state index contributed by atoms with van der Waals surface area (Å²) in [4.78, 5) is 24.6. The average molecular weight is 327 g/mol. The summed E-state index contributed by atoms with van der Waals surface area (Å²) in [5.41, 5.74) is 2.40. The Labute approximate surface area is 128 Å². The van der Waals surface area contributed by atoms with Crippen LogP contribution >= 0.6 is 0 Å². The second-order valence-electron chi connectivity index (χ2n) is 4.91. The fourth-order valence-corrected chi connectivity index (χ4v) is 2.64. The van der Waals surface area contributed by atoms with E-state index in [-0.39, 0.29) is 28.3 Å². The third kappa shape index (κ3) is 3.95. The van der Waals surface area contributed by atoms with E-state index in [9.17, 15) is 18.0 Å². The minimum atomic E-state index is -3.93. The highest BCUT2D eigenvalue weighted by atomic mass is 32.2. The van der Waals surface area contributed by atoms with Crippen molar-refractivity contribution >= 4 is 27.5 Å². The lowest BCUT2D eigenvalue weighted by molar-refractivity contribution is -0.122. The molecule has 0 saturated heterocycles. The molecule has 1 aliphatic rings. The van der Waals surface area contributed by atoms with Gasteiger partial charge in [0.05, 0.1) is 17.7 Å². The number of carbonyl (C=O) groups excluding carboxylic acids is 2. The number of sulfonamides is 1. The molecule has 22 heavy (non-hydrogen) atoms. The monoisotopic (exact) mass is 327 g/mol. The molecule has 0 aromatic heterocycles. The minimum Gasteiger partial charge on any atom is -0.495 e. The van der Waals surface area contributed by atoms with E-state index in [4.69, 9.17) is 4.74 Å². The van der Waals surface area contributed by atoms with Crippen molar-refractivity contribution in [1.29, 1.82) is 0 Å². The molecule has 0 radical (unpaired) electrons. The van der Waals surface area contributed by atoms with E-state index in [0.29, 0.717) is 5.75 Å². The molecule has 2 rings (SSSR count). The molecule has 0 unspecified atom stereocenters. The lowest BCUT2D eigenvalue weighted by Gasteiger charge is -2.12. The molecule has 1 aliphatic carbocycles. The molecule has 1 fully saturated rings. The van der Waals surface area contributed by atoms with Gasteiger partial charge in [-0.1, -0.05) is 0 Å². The van der Waals surface area contributed by atoms with Crippen LogP contribution in [0.3, 0.4) is 0 Å². The molecule has 3 N–H and O–H groups in total. The predicted octanol–water partition coefficient (Wildman–Crippen LogP) is 0.373. The van der Waals surface area contributed by atoms with Crippen LogP contribution < -0.4 is 20.3 Å². The van der Waals surface area contributed by atoms with Crippen LogP contribution in [0.2, 0.25) is 0 Å². The van der Waals surface area contributed by atoms with Gasteiger partial charge in [-0.2, -0.15) is 0 Å². The number of amides is 2. The summed E-state index contributed by atoms with van der Waals surface area (Å²) < 4.78 is 29.3. The summed E-state index contributed by atoms with van der Waals surface area (Å²) in [6.07, 6.45) is 1.53. The van der Waals surface area contributed by atoms with Gasteiger partial charge in [0.1, 0.15) is 5.75 Å². The standard InChI is InChI=1S/C13H17N3O5S/c1-8(17)14-11-7-10(5-6-12(11)21-2)22(19,20)16-15-13(18)9-3-4-9/h5-7,9,16H,3-4H2,1-2H3,(H,14,17)(H,15,18). The number of benzene rings is 1. The van der Waals surface area contributed by atoms with E-state index >= 15 is 0 Å². The summed E-state index contributed by atoms with van der Waals surface area (Å²) in [6, 6.07) is 3.99. The van der Waals surface area contributed by atoms with Gasteiger partial charge in [-0.05, 0) is 31.0 Å². The molecule has 0 atom stereocenters. The van der Waals surface area contributed by atoms with Crippen LogP contribution in [-0.4, -0.2) is 27.3 Å². The van der Waals surface area contributed by atoms with Crippen LogP contribution in [0.4, 0.5) is 5.69 Å². The first-order chi connectivity index (χ1) is 10.3. The van der Waals surface area contributed by atoms with Gasteiger partial charge < -0.3 is 10.1 Å². The molecule has 0 bridgehead atoms. The molecular weight excluding hydrogens is 310 g/mol. The lowest BCUT2D eigenvalue weighted by Crippen LogP contribution is -2.42. The Bertz CT molecular complexity index is 698. The molecule has 0 spiro atoms. The van der Waals surface area contributed by atoms with Crippen LogP contribution in [-0.2, 0) is 19.6 Å². The molecule has 120 valence electrons. The Morgan fingerprint density at radius 3 is 2.50 bits per heavy atom. The quantitative estimate of drug-likeness (QED) is 0.653. The maximum Gasteiger partial charge on any atom is 0.257 e. The van der Waals surface area contributed by atoms with Crippen LogP contribution in [0.5, 0.6) is 5.75 Å². The van der Waals surface area contributed by atoms with Crippen molar-refractivity contribution < 1.29 is 22.7 Å². The zero-order valence-corrected chi connectivity index (χ0v) is 13.0. The highest BCUT2D eigenvalue weighted by molar-refractivity contribution is 7.89. The van der Waals surface area contributed by atoms with E-state index in [0.717, 1.165) is 12.8 Å². The van der Waals surface area contributed by atoms with Crippen molar-refractivity contribution in [3.63, 3.8) is 0 Å². The van der Waals surface area contributed by atoms with Crippen LogP contribution in [0.1, 0.15) is 19.8 Å². The van der Waals surface area contributed by atoms with Gasteiger partial charge in [-0.3, -0.25) is 15.0 Å². The summed E-state index contributed by atoms with van der Waals surface area (Å²) in [7, 11) is -2.53. The third-order valence-corrected chi connectivity index (χ3v) is 4.29. The van der Waals surface area contributed by atoms with Crippen molar-refractivity contribution in [3.05, 3.63) is 18.2 Å². The largest absolute Gasteiger partial charge is 0.495 e. The summed E-state index contributed by atoms with van der Waals surface area (Å²) >= 11 is 0. The van der Waals surface area contributed by atoms with Crippen molar-refractivity contribution in [2.24, 2.45) is 5.92 Å². The normalized spacial score (nSPS) is 14.3. The molecule has 1 aromatic carbocycles. The van der Waals surface area contributed by atoms with Crippen molar-refractivity contribution in [3.8, 4) is 5.75 Å². The predicted molar refractivity (Wildman–Crippen MR) is 78.5 cm³/mol. The number of hydrogen-bond donors (Lipinski definition) is 3. The molecule has 1 aromatic rings. The fraction of sp³-hybridized carbons (Fsp3) is 0.385. The second-order valence-corrected chi connectivity index (χ2v) is 6.59. The first-order valence-electron chi connectivity index (χ1n) is 6.61. The topological polar surface area (TPSA) is 114 Å². The zero-order chi connectivity index (χ0) is 16.3. The third-order valence-electron chi connectivity index (χ3n) is 3.05. The van der Waals surface area contributed by atoms with E-state index in [1.165, 1.54) is 32.2 Å². The zero-order valence-electron chi connectivity index (χ0n) is 12.2. The summed E-state index contributed by atoms with van der Waals surface area (Å²) in [5, 5.41) is 2.49. The number of hydrazine groups is 1. The first-order valence-corrected chi connectivity index (χ1v) is 8.09. The highest BCUT2D eigenvalue weighted by Crippen LogP contribution is 2.29. The van der Waals surface area contributed by atoms with E-state index in [2.05, 4.69) is 10.7 Å². The lowest BCUT2D eigenvalue weighted by atomic mass is 10.3. The molecule has 0 aliphatic heterocycles. The van der Waals surface area contributed by atoms with Crippen molar-refractivity contribution in [2.45, 2.75) is 24.7 Å². The molecule has 0 heterocycles. The van der Waals surface area contributed by atoms with E-state index in [1.807, 2.05) is 4.83 Å². The fourth-order valence-electron chi connectivity index (χ4n) is 1.77. The Kier molecular flexibility index (Phi) is 4.67. The number of methoxy groups -OCH3 is 1. The first kappa shape index (κ1) is 16.2. The number of anilines is 1. The molecule has 2 amide bonds. The number of nitrogens with one attached hydrogen (secondary N) is 3. The summed E-state index contributed by atoms with van der Waals surface area (Å²) in [5.74, 6) is -0.494. The molecule has 9 heteroatoms. The molecular formula is C13H17N3O5S. The van der Waals surface area contributed by atoms with E-state index < -0.39 is 10.0 Å². The Morgan fingerprint density at radius 1 is 1.27 bits per heavy atom.